The van der Waals surface area contributed by atoms with Gasteiger partial charge in [-0.25, -0.2) is 0 Å². The first kappa shape index (κ1) is 22.5. The van der Waals surface area contributed by atoms with Crippen LogP contribution in [0.5, 0.6) is 0 Å². The van der Waals surface area contributed by atoms with Crippen LogP contribution < -0.4 is 10.2 Å². The maximum absolute atomic E-state index is 3.49. The van der Waals surface area contributed by atoms with E-state index in [1.54, 1.807) is 0 Å². The van der Waals surface area contributed by atoms with E-state index in [4.69, 9.17) is 0 Å². The predicted octanol–water partition coefficient (Wildman–Crippen LogP) is 4.28. The second-order valence-corrected chi connectivity index (χ2v) is 4.16. The SMILES string of the molecule is CN1Cc2ccccc2Nc2ccccc21.[CH3-].[CH3-].[Y].[Y]. The fraction of sp³-hybridized carbons (Fsp3) is 0.125. The van der Waals surface area contributed by atoms with E-state index >= 15 is 0 Å². The molecule has 0 atom stereocenters. The molecule has 0 unspecified atom stereocenters. The third-order valence-corrected chi connectivity index (χ3v) is 3.01. The third-order valence-electron chi connectivity index (χ3n) is 3.01. The maximum atomic E-state index is 3.49. The summed E-state index contributed by atoms with van der Waals surface area (Å²) in [5.41, 5.74) is 4.97. The summed E-state index contributed by atoms with van der Waals surface area (Å²) in [5, 5.41) is 3.49. The molecule has 1 aliphatic heterocycles. The first-order chi connectivity index (χ1) is 7.84. The molecule has 4 heteroatoms. The van der Waals surface area contributed by atoms with E-state index in [-0.39, 0.29) is 80.3 Å². The summed E-state index contributed by atoms with van der Waals surface area (Å²) in [7, 11) is 2.13. The smallest absolute Gasteiger partial charge is 0.0622 e. The van der Waals surface area contributed by atoms with E-state index < -0.39 is 0 Å². The Bertz CT molecular complexity index is 529. The summed E-state index contributed by atoms with van der Waals surface area (Å²) in [5.74, 6) is 0. The van der Waals surface area contributed by atoms with Gasteiger partial charge in [0.05, 0.1) is 11.4 Å². The van der Waals surface area contributed by atoms with E-state index in [1.807, 2.05) is 0 Å². The molecule has 1 N–H and O–H groups in total. The molecule has 2 aromatic rings. The van der Waals surface area contributed by atoms with Crippen molar-refractivity contribution in [3.63, 3.8) is 0 Å². The minimum atomic E-state index is 0. The van der Waals surface area contributed by atoms with Crippen molar-refractivity contribution in [1.82, 2.24) is 0 Å². The Labute approximate surface area is 173 Å². The van der Waals surface area contributed by atoms with Gasteiger partial charge in [-0.05, 0) is 23.8 Å². The van der Waals surface area contributed by atoms with Crippen molar-refractivity contribution in [2.24, 2.45) is 0 Å². The van der Waals surface area contributed by atoms with Crippen LogP contribution >= 0.6 is 0 Å². The molecule has 0 amide bonds. The Morgan fingerprint density at radius 2 is 1.40 bits per heavy atom. The molecule has 2 radical (unpaired) electrons. The van der Waals surface area contributed by atoms with E-state index in [9.17, 15) is 0 Å². The van der Waals surface area contributed by atoms with Gasteiger partial charge in [0.15, 0.2) is 0 Å². The number of anilines is 3. The van der Waals surface area contributed by atoms with Gasteiger partial charge in [0.1, 0.15) is 0 Å². The Balaban J connectivity index is 0. The fourth-order valence-electron chi connectivity index (χ4n) is 2.18. The fourth-order valence-corrected chi connectivity index (χ4v) is 2.18. The molecule has 3 rings (SSSR count). The molecule has 2 nitrogen and oxygen atoms in total. The van der Waals surface area contributed by atoms with Crippen LogP contribution in [-0.2, 0) is 72.0 Å². The Hall–Kier alpha value is 0.248. The molecule has 2 aromatic carbocycles. The molecule has 20 heavy (non-hydrogen) atoms. The van der Waals surface area contributed by atoms with E-state index in [0.717, 1.165) is 6.54 Å². The molecular weight excluding hydrogens is 398 g/mol. The summed E-state index contributed by atoms with van der Waals surface area (Å²) in [6.07, 6.45) is 0. The van der Waals surface area contributed by atoms with Crippen LogP contribution in [-0.4, -0.2) is 7.05 Å². The second kappa shape index (κ2) is 10.1. The maximum Gasteiger partial charge on any atom is 0.0622 e. The molecule has 0 saturated heterocycles. The average molecular weight is 418 g/mol. The molecule has 1 heterocycles. The topological polar surface area (TPSA) is 15.3 Å². The van der Waals surface area contributed by atoms with Crippen LogP contribution in [0.25, 0.3) is 0 Å². The monoisotopic (exact) mass is 418 g/mol. The van der Waals surface area contributed by atoms with Crippen LogP contribution in [0.2, 0.25) is 0 Å². The number of hydrogen-bond acceptors (Lipinski definition) is 2. The van der Waals surface area contributed by atoms with Gasteiger partial charge in [0.25, 0.3) is 0 Å². The van der Waals surface area contributed by atoms with Gasteiger partial charge < -0.3 is 25.1 Å². The summed E-state index contributed by atoms with van der Waals surface area (Å²) >= 11 is 0. The number of rotatable bonds is 0. The van der Waals surface area contributed by atoms with Crippen molar-refractivity contribution in [1.29, 1.82) is 0 Å². The Morgan fingerprint density at radius 1 is 0.850 bits per heavy atom. The summed E-state index contributed by atoms with van der Waals surface area (Å²) < 4.78 is 0. The van der Waals surface area contributed by atoms with Gasteiger partial charge in [-0.2, -0.15) is 0 Å². The quantitative estimate of drug-likeness (QED) is 0.643. The summed E-state index contributed by atoms with van der Waals surface area (Å²) in [6.45, 7) is 0.945. The van der Waals surface area contributed by atoms with Gasteiger partial charge in [0, 0.05) is 84.7 Å². The Kier molecular flexibility index (Phi) is 11.3. The minimum Gasteiger partial charge on any atom is -0.369 e. The van der Waals surface area contributed by atoms with Crippen LogP contribution in [0.1, 0.15) is 5.56 Å². The van der Waals surface area contributed by atoms with Crippen LogP contribution in [0, 0.1) is 14.9 Å². The molecule has 1 aliphatic rings. The molecule has 0 bridgehead atoms. The zero-order valence-corrected chi connectivity index (χ0v) is 18.1. The average Bonchev–Trinajstić information content (AvgIpc) is 2.45. The van der Waals surface area contributed by atoms with Crippen molar-refractivity contribution in [2.45, 2.75) is 6.54 Å². The molecule has 102 valence electrons. The van der Waals surface area contributed by atoms with E-state index in [2.05, 4.69) is 65.8 Å². The van der Waals surface area contributed by atoms with Crippen LogP contribution in [0.4, 0.5) is 17.1 Å². The van der Waals surface area contributed by atoms with Crippen LogP contribution in [0.3, 0.4) is 0 Å². The van der Waals surface area contributed by atoms with Crippen molar-refractivity contribution in [3.8, 4) is 0 Å². The molecule has 0 spiro atoms. The standard InChI is InChI=1S/C14H14N2.2CH3.2Y/c1-16-10-11-6-2-3-7-12(11)15-13-8-4-5-9-14(13)16;;;;/h2-9,15H,10H2,1H3;2*1H3;;/q;2*-1;;. The summed E-state index contributed by atoms with van der Waals surface area (Å²) in [6, 6.07) is 16.9. The number of para-hydroxylation sites is 3. The zero-order valence-electron chi connectivity index (χ0n) is 12.4. The predicted molar refractivity (Wildman–Crippen MR) is 81.1 cm³/mol. The second-order valence-electron chi connectivity index (χ2n) is 4.16. The largest absolute Gasteiger partial charge is 0.369 e. The first-order valence-electron chi connectivity index (χ1n) is 5.50. The molecule has 0 aliphatic carbocycles. The van der Waals surface area contributed by atoms with Crippen molar-refractivity contribution < 1.29 is 65.4 Å². The van der Waals surface area contributed by atoms with Crippen molar-refractivity contribution >= 4 is 17.1 Å². The van der Waals surface area contributed by atoms with Crippen LogP contribution in [0.15, 0.2) is 48.5 Å². The van der Waals surface area contributed by atoms with Gasteiger partial charge in [-0.15, -0.1) is 0 Å². The normalized spacial score (nSPS) is 10.8. The van der Waals surface area contributed by atoms with Gasteiger partial charge >= 0.3 is 0 Å². The molecule has 0 saturated carbocycles. The first-order valence-corrected chi connectivity index (χ1v) is 5.50. The Morgan fingerprint density at radius 3 is 2.10 bits per heavy atom. The number of hydrogen-bond donors (Lipinski definition) is 1. The number of fused-ring (bicyclic) bond motifs is 2. The minimum absolute atomic E-state index is 0. The number of nitrogens with zero attached hydrogens (tertiary/aromatic N) is 1. The molecule has 0 aromatic heterocycles. The number of benzene rings is 2. The molecule has 0 fully saturated rings. The van der Waals surface area contributed by atoms with E-state index in [0.29, 0.717) is 0 Å². The zero-order chi connectivity index (χ0) is 11.0. The van der Waals surface area contributed by atoms with E-state index in [1.165, 1.54) is 22.6 Å². The van der Waals surface area contributed by atoms with Crippen molar-refractivity contribution in [3.05, 3.63) is 68.9 Å². The van der Waals surface area contributed by atoms with Gasteiger partial charge in [-0.3, -0.25) is 0 Å². The third kappa shape index (κ3) is 4.63. The number of nitrogens with one attached hydrogen (secondary N) is 1. The molecular formula is C16H20N2Y2-2. The van der Waals surface area contributed by atoms with Gasteiger partial charge in [-0.1, -0.05) is 30.3 Å². The summed E-state index contributed by atoms with van der Waals surface area (Å²) in [4.78, 5) is 2.27. The van der Waals surface area contributed by atoms with Crippen molar-refractivity contribution in [2.75, 3.05) is 17.3 Å². The van der Waals surface area contributed by atoms with Gasteiger partial charge in [0.2, 0.25) is 0 Å².